The molecule has 0 aliphatic carbocycles. The molecule has 0 fully saturated rings. The molecule has 6 nitrogen and oxygen atoms in total. The SMILES string of the molecule is CCc1ccccc1Nc1nccc(-c2cnc3c(c2)C(C)(CO)CN3)n1. The Morgan fingerprint density at radius 3 is 2.89 bits per heavy atom. The minimum Gasteiger partial charge on any atom is -0.395 e. The van der Waals surface area contributed by atoms with Crippen LogP contribution in [0.25, 0.3) is 11.3 Å². The third kappa shape index (κ3) is 3.24. The van der Waals surface area contributed by atoms with Crippen molar-refractivity contribution in [3.8, 4) is 11.3 Å². The summed E-state index contributed by atoms with van der Waals surface area (Å²) in [5.74, 6) is 1.39. The van der Waals surface area contributed by atoms with Gasteiger partial charge in [-0.2, -0.15) is 0 Å². The van der Waals surface area contributed by atoms with E-state index < -0.39 is 0 Å². The van der Waals surface area contributed by atoms with Crippen molar-refractivity contribution in [3.05, 3.63) is 59.9 Å². The van der Waals surface area contributed by atoms with Crippen LogP contribution in [-0.2, 0) is 11.8 Å². The lowest BCUT2D eigenvalue weighted by Crippen LogP contribution is -2.28. The van der Waals surface area contributed by atoms with Gasteiger partial charge in [0.2, 0.25) is 5.95 Å². The fourth-order valence-electron chi connectivity index (χ4n) is 3.37. The first-order chi connectivity index (χ1) is 13.1. The Labute approximate surface area is 158 Å². The number of aryl methyl sites for hydroxylation is 1. The van der Waals surface area contributed by atoms with Gasteiger partial charge in [-0.1, -0.05) is 32.0 Å². The van der Waals surface area contributed by atoms with E-state index >= 15 is 0 Å². The van der Waals surface area contributed by atoms with Gasteiger partial charge in [0.25, 0.3) is 0 Å². The van der Waals surface area contributed by atoms with Crippen molar-refractivity contribution in [2.45, 2.75) is 25.7 Å². The molecule has 0 bridgehead atoms. The highest BCUT2D eigenvalue weighted by Crippen LogP contribution is 2.37. The maximum absolute atomic E-state index is 9.79. The lowest BCUT2D eigenvalue weighted by Gasteiger charge is -2.20. The first-order valence-corrected chi connectivity index (χ1v) is 9.16. The van der Waals surface area contributed by atoms with Crippen LogP contribution >= 0.6 is 0 Å². The van der Waals surface area contributed by atoms with Gasteiger partial charge in [-0.3, -0.25) is 0 Å². The van der Waals surface area contributed by atoms with Crippen molar-refractivity contribution < 1.29 is 5.11 Å². The van der Waals surface area contributed by atoms with Gasteiger partial charge in [-0.05, 0) is 30.2 Å². The Balaban J connectivity index is 1.67. The van der Waals surface area contributed by atoms with Gasteiger partial charge in [0.05, 0.1) is 12.3 Å². The number of benzene rings is 1. The first kappa shape index (κ1) is 17.4. The Morgan fingerprint density at radius 2 is 2.07 bits per heavy atom. The van der Waals surface area contributed by atoms with E-state index in [1.54, 1.807) is 12.4 Å². The van der Waals surface area contributed by atoms with Crippen LogP contribution in [0, 0.1) is 0 Å². The van der Waals surface area contributed by atoms with Crippen LogP contribution in [0.1, 0.15) is 25.0 Å². The lowest BCUT2D eigenvalue weighted by atomic mass is 9.85. The maximum Gasteiger partial charge on any atom is 0.227 e. The van der Waals surface area contributed by atoms with Gasteiger partial charge in [-0.25, -0.2) is 15.0 Å². The second-order valence-corrected chi connectivity index (χ2v) is 7.09. The highest BCUT2D eigenvalue weighted by molar-refractivity contribution is 5.67. The van der Waals surface area contributed by atoms with Crippen molar-refractivity contribution in [2.24, 2.45) is 0 Å². The number of fused-ring (bicyclic) bond motifs is 1. The van der Waals surface area contributed by atoms with Gasteiger partial charge in [0.15, 0.2) is 0 Å². The molecule has 3 heterocycles. The van der Waals surface area contributed by atoms with Crippen LogP contribution in [0.2, 0.25) is 0 Å². The van der Waals surface area contributed by atoms with Crippen molar-refractivity contribution in [1.82, 2.24) is 15.0 Å². The third-order valence-corrected chi connectivity index (χ3v) is 5.13. The molecule has 1 aliphatic heterocycles. The van der Waals surface area contributed by atoms with Crippen molar-refractivity contribution in [1.29, 1.82) is 0 Å². The molecule has 0 spiro atoms. The van der Waals surface area contributed by atoms with Crippen LogP contribution < -0.4 is 10.6 Å². The molecule has 0 saturated heterocycles. The quantitative estimate of drug-likeness (QED) is 0.645. The molecule has 0 amide bonds. The molecule has 27 heavy (non-hydrogen) atoms. The molecule has 1 unspecified atom stereocenters. The number of aliphatic hydroxyl groups excluding tert-OH is 1. The van der Waals surface area contributed by atoms with E-state index in [1.807, 2.05) is 31.2 Å². The molecule has 0 saturated carbocycles. The van der Waals surface area contributed by atoms with E-state index in [0.717, 1.165) is 34.7 Å². The molecular formula is C21H23N5O. The number of aromatic nitrogens is 3. The monoisotopic (exact) mass is 361 g/mol. The zero-order valence-corrected chi connectivity index (χ0v) is 15.5. The number of rotatable bonds is 5. The highest BCUT2D eigenvalue weighted by Gasteiger charge is 2.35. The number of aliphatic hydroxyl groups is 1. The Kier molecular flexibility index (Phi) is 4.49. The number of para-hydroxylation sites is 1. The summed E-state index contributed by atoms with van der Waals surface area (Å²) in [5.41, 5.74) is 4.63. The Morgan fingerprint density at radius 1 is 1.22 bits per heavy atom. The largest absolute Gasteiger partial charge is 0.395 e. The average molecular weight is 361 g/mol. The zero-order valence-electron chi connectivity index (χ0n) is 15.5. The van der Waals surface area contributed by atoms with Gasteiger partial charge in [0, 0.05) is 41.2 Å². The fraction of sp³-hybridized carbons (Fsp3) is 0.286. The minimum atomic E-state index is -0.327. The number of hydrogen-bond donors (Lipinski definition) is 3. The number of nitrogens with zero attached hydrogens (tertiary/aromatic N) is 3. The van der Waals surface area contributed by atoms with Gasteiger partial charge < -0.3 is 15.7 Å². The third-order valence-electron chi connectivity index (χ3n) is 5.13. The molecule has 3 aromatic rings. The molecule has 2 aromatic heterocycles. The molecule has 1 atom stereocenters. The van der Waals surface area contributed by atoms with Crippen LogP contribution in [0.3, 0.4) is 0 Å². The second-order valence-electron chi connectivity index (χ2n) is 7.09. The van der Waals surface area contributed by atoms with Crippen LogP contribution in [-0.4, -0.2) is 33.2 Å². The summed E-state index contributed by atoms with van der Waals surface area (Å²) in [5, 5.41) is 16.4. The number of anilines is 3. The average Bonchev–Trinajstić information content (AvgIpc) is 3.05. The fourth-order valence-corrected chi connectivity index (χ4v) is 3.37. The van der Waals surface area contributed by atoms with Crippen LogP contribution in [0.5, 0.6) is 0 Å². The van der Waals surface area contributed by atoms with E-state index in [9.17, 15) is 5.11 Å². The van der Waals surface area contributed by atoms with Crippen molar-refractivity contribution in [3.63, 3.8) is 0 Å². The normalized spacial score (nSPS) is 18.0. The number of pyridine rings is 1. The summed E-state index contributed by atoms with van der Waals surface area (Å²) in [7, 11) is 0. The molecule has 0 radical (unpaired) electrons. The lowest BCUT2D eigenvalue weighted by molar-refractivity contribution is 0.218. The molecule has 1 aliphatic rings. The maximum atomic E-state index is 9.79. The molecule has 1 aromatic carbocycles. The smallest absolute Gasteiger partial charge is 0.227 e. The van der Waals surface area contributed by atoms with Crippen LogP contribution in [0.4, 0.5) is 17.5 Å². The van der Waals surface area contributed by atoms with E-state index in [4.69, 9.17) is 0 Å². The van der Waals surface area contributed by atoms with Gasteiger partial charge in [-0.15, -0.1) is 0 Å². The van der Waals surface area contributed by atoms with E-state index in [1.165, 1.54) is 5.56 Å². The van der Waals surface area contributed by atoms with E-state index in [0.29, 0.717) is 12.5 Å². The second kappa shape index (κ2) is 6.96. The first-order valence-electron chi connectivity index (χ1n) is 9.16. The predicted octanol–water partition coefficient (Wildman–Crippen LogP) is 3.52. The Hall–Kier alpha value is -2.99. The highest BCUT2D eigenvalue weighted by atomic mass is 16.3. The summed E-state index contributed by atoms with van der Waals surface area (Å²) in [4.78, 5) is 13.5. The predicted molar refractivity (Wildman–Crippen MR) is 107 cm³/mol. The molecule has 138 valence electrons. The topological polar surface area (TPSA) is 83.0 Å². The van der Waals surface area contributed by atoms with Crippen molar-refractivity contribution in [2.75, 3.05) is 23.8 Å². The summed E-state index contributed by atoms with van der Waals surface area (Å²) < 4.78 is 0. The summed E-state index contributed by atoms with van der Waals surface area (Å²) in [6, 6.07) is 12.1. The zero-order chi connectivity index (χ0) is 18.9. The van der Waals surface area contributed by atoms with Crippen LogP contribution in [0.15, 0.2) is 48.8 Å². The Bertz CT molecular complexity index is 974. The molecular weight excluding hydrogens is 338 g/mol. The van der Waals surface area contributed by atoms with Gasteiger partial charge in [0.1, 0.15) is 5.82 Å². The molecule has 3 N–H and O–H groups in total. The number of hydrogen-bond acceptors (Lipinski definition) is 6. The molecule has 4 rings (SSSR count). The van der Waals surface area contributed by atoms with Crippen molar-refractivity contribution >= 4 is 17.5 Å². The number of nitrogens with one attached hydrogen (secondary N) is 2. The summed E-state index contributed by atoms with van der Waals surface area (Å²) in [6.07, 6.45) is 4.49. The van der Waals surface area contributed by atoms with E-state index in [2.05, 4.69) is 44.6 Å². The van der Waals surface area contributed by atoms with E-state index in [-0.39, 0.29) is 12.0 Å². The standard InChI is InChI=1S/C21H23N5O/c1-3-14-6-4-5-7-17(14)25-20-22-9-8-18(26-20)15-10-16-19(23-11-15)24-12-21(16,2)13-27/h4-11,27H,3,12-13H2,1-2H3,(H,23,24)(H,22,25,26). The van der Waals surface area contributed by atoms with Gasteiger partial charge >= 0.3 is 0 Å². The summed E-state index contributed by atoms with van der Waals surface area (Å²) >= 11 is 0. The summed E-state index contributed by atoms with van der Waals surface area (Å²) in [6.45, 7) is 4.91. The minimum absolute atomic E-state index is 0.0719. The molecule has 6 heteroatoms.